The monoisotopic (exact) mass is 313 g/mol. The molecular formula is C19H20FNO2. The van der Waals surface area contributed by atoms with Gasteiger partial charge in [-0.15, -0.1) is 0 Å². The number of carbonyl (C=O) groups is 1. The van der Waals surface area contributed by atoms with Crippen molar-refractivity contribution < 1.29 is 13.9 Å². The van der Waals surface area contributed by atoms with E-state index in [4.69, 9.17) is 4.74 Å². The number of hydrogen-bond donors (Lipinski definition) is 1. The second-order valence-corrected chi connectivity index (χ2v) is 5.86. The third-order valence-electron chi connectivity index (χ3n) is 4.12. The van der Waals surface area contributed by atoms with Crippen molar-refractivity contribution in [3.63, 3.8) is 0 Å². The Labute approximate surface area is 135 Å². The lowest BCUT2D eigenvalue weighted by atomic mass is 9.91. The SMILES string of the molecule is C[C@H](Oc1cccc2c1CCCC2)C(=O)Nc1cccc(F)c1. The van der Waals surface area contributed by atoms with E-state index in [1.54, 1.807) is 19.1 Å². The van der Waals surface area contributed by atoms with Crippen LogP contribution in [0.2, 0.25) is 0 Å². The molecule has 1 amide bonds. The van der Waals surface area contributed by atoms with Gasteiger partial charge in [-0.3, -0.25) is 4.79 Å². The molecule has 2 aromatic carbocycles. The van der Waals surface area contributed by atoms with Gasteiger partial charge in [-0.25, -0.2) is 4.39 Å². The summed E-state index contributed by atoms with van der Waals surface area (Å²) in [6.07, 6.45) is 3.76. The van der Waals surface area contributed by atoms with E-state index in [0.29, 0.717) is 5.69 Å². The molecule has 120 valence electrons. The number of amides is 1. The number of rotatable bonds is 4. The van der Waals surface area contributed by atoms with Crippen LogP contribution in [0.5, 0.6) is 5.75 Å². The number of ether oxygens (including phenoxy) is 1. The zero-order valence-corrected chi connectivity index (χ0v) is 13.1. The van der Waals surface area contributed by atoms with Gasteiger partial charge in [0.2, 0.25) is 0 Å². The summed E-state index contributed by atoms with van der Waals surface area (Å²) in [7, 11) is 0. The van der Waals surface area contributed by atoms with Crippen LogP contribution in [0.25, 0.3) is 0 Å². The zero-order valence-electron chi connectivity index (χ0n) is 13.1. The maximum absolute atomic E-state index is 13.2. The van der Waals surface area contributed by atoms with E-state index in [2.05, 4.69) is 11.4 Å². The fraction of sp³-hybridized carbons (Fsp3) is 0.316. The molecular weight excluding hydrogens is 293 g/mol. The van der Waals surface area contributed by atoms with Crippen molar-refractivity contribution in [2.75, 3.05) is 5.32 Å². The highest BCUT2D eigenvalue weighted by atomic mass is 19.1. The highest BCUT2D eigenvalue weighted by Crippen LogP contribution is 2.30. The molecule has 23 heavy (non-hydrogen) atoms. The van der Waals surface area contributed by atoms with Crippen LogP contribution in [0, 0.1) is 5.82 Å². The molecule has 0 saturated heterocycles. The van der Waals surface area contributed by atoms with Crippen molar-refractivity contribution in [2.24, 2.45) is 0 Å². The standard InChI is InChI=1S/C19H20FNO2/c1-13(19(22)21-16-9-5-8-15(20)12-16)23-18-11-4-7-14-6-2-3-10-17(14)18/h4-5,7-9,11-13H,2-3,6,10H2,1H3,(H,21,22)/t13-/m0/s1. The molecule has 4 heteroatoms. The molecule has 3 nitrogen and oxygen atoms in total. The Bertz CT molecular complexity index is 714. The second-order valence-electron chi connectivity index (χ2n) is 5.86. The van der Waals surface area contributed by atoms with E-state index in [1.807, 2.05) is 12.1 Å². The number of anilines is 1. The van der Waals surface area contributed by atoms with Crippen LogP contribution in [0.1, 0.15) is 30.9 Å². The van der Waals surface area contributed by atoms with Gasteiger partial charge in [0.05, 0.1) is 0 Å². The minimum atomic E-state index is -0.647. The van der Waals surface area contributed by atoms with Gasteiger partial charge in [0, 0.05) is 5.69 Å². The Morgan fingerprint density at radius 1 is 1.17 bits per heavy atom. The third-order valence-corrected chi connectivity index (χ3v) is 4.12. The van der Waals surface area contributed by atoms with Crippen LogP contribution >= 0.6 is 0 Å². The number of fused-ring (bicyclic) bond motifs is 1. The normalized spacial score (nSPS) is 14.7. The molecule has 0 fully saturated rings. The predicted molar refractivity (Wildman–Crippen MR) is 88.2 cm³/mol. The van der Waals surface area contributed by atoms with E-state index < -0.39 is 6.10 Å². The highest BCUT2D eigenvalue weighted by Gasteiger charge is 2.19. The molecule has 3 rings (SSSR count). The number of nitrogens with one attached hydrogen (secondary N) is 1. The van der Waals surface area contributed by atoms with Gasteiger partial charge in [-0.1, -0.05) is 18.2 Å². The zero-order chi connectivity index (χ0) is 16.2. The molecule has 0 saturated carbocycles. The van der Waals surface area contributed by atoms with Crippen LogP contribution in [0.15, 0.2) is 42.5 Å². The molecule has 0 bridgehead atoms. The number of halogens is 1. The van der Waals surface area contributed by atoms with Crippen LogP contribution < -0.4 is 10.1 Å². The molecule has 1 aliphatic rings. The Morgan fingerprint density at radius 2 is 1.96 bits per heavy atom. The lowest BCUT2D eigenvalue weighted by molar-refractivity contribution is -0.122. The van der Waals surface area contributed by atoms with Gasteiger partial charge in [0.15, 0.2) is 6.10 Å². The molecule has 0 spiro atoms. The summed E-state index contributed by atoms with van der Waals surface area (Å²) in [5, 5.41) is 2.68. The Morgan fingerprint density at radius 3 is 2.78 bits per heavy atom. The first-order chi connectivity index (χ1) is 11.1. The van der Waals surface area contributed by atoms with Crippen molar-refractivity contribution in [3.05, 3.63) is 59.4 Å². The lowest BCUT2D eigenvalue weighted by Crippen LogP contribution is -2.30. The van der Waals surface area contributed by atoms with Crippen molar-refractivity contribution >= 4 is 11.6 Å². The summed E-state index contributed by atoms with van der Waals surface area (Å²) in [5.74, 6) is 0.113. The van der Waals surface area contributed by atoms with Crippen molar-refractivity contribution in [3.8, 4) is 5.75 Å². The number of aryl methyl sites for hydroxylation is 1. The van der Waals surface area contributed by atoms with Crippen LogP contribution in [0.3, 0.4) is 0 Å². The lowest BCUT2D eigenvalue weighted by Gasteiger charge is -2.22. The van der Waals surface area contributed by atoms with Gasteiger partial charge in [0.25, 0.3) is 5.91 Å². The predicted octanol–water partition coefficient (Wildman–Crippen LogP) is 4.11. The quantitative estimate of drug-likeness (QED) is 0.922. The van der Waals surface area contributed by atoms with Crippen molar-refractivity contribution in [1.82, 2.24) is 0 Å². The number of carbonyl (C=O) groups excluding carboxylic acids is 1. The molecule has 0 unspecified atom stereocenters. The minimum Gasteiger partial charge on any atom is -0.481 e. The summed E-state index contributed by atoms with van der Waals surface area (Å²) in [6, 6.07) is 11.8. The maximum atomic E-state index is 13.2. The Balaban J connectivity index is 1.69. The van der Waals surface area contributed by atoms with Crippen LogP contribution in [-0.4, -0.2) is 12.0 Å². The van der Waals surface area contributed by atoms with Gasteiger partial charge in [0.1, 0.15) is 11.6 Å². The maximum Gasteiger partial charge on any atom is 0.265 e. The largest absolute Gasteiger partial charge is 0.481 e. The third kappa shape index (κ3) is 3.70. The van der Waals surface area contributed by atoms with Gasteiger partial charge >= 0.3 is 0 Å². The van der Waals surface area contributed by atoms with Gasteiger partial charge in [-0.05, 0) is 68.0 Å². The first kappa shape index (κ1) is 15.5. The van der Waals surface area contributed by atoms with Crippen LogP contribution in [-0.2, 0) is 17.6 Å². The van der Waals surface area contributed by atoms with E-state index in [1.165, 1.54) is 29.7 Å². The highest BCUT2D eigenvalue weighted by molar-refractivity contribution is 5.94. The summed E-state index contributed by atoms with van der Waals surface area (Å²) in [4.78, 5) is 12.2. The topological polar surface area (TPSA) is 38.3 Å². The summed E-state index contributed by atoms with van der Waals surface area (Å²) in [5.41, 5.74) is 2.95. The van der Waals surface area contributed by atoms with Gasteiger partial charge < -0.3 is 10.1 Å². The molecule has 0 heterocycles. The molecule has 0 radical (unpaired) electrons. The average molecular weight is 313 g/mol. The molecule has 0 aliphatic heterocycles. The average Bonchev–Trinajstić information content (AvgIpc) is 2.55. The first-order valence-electron chi connectivity index (χ1n) is 7.97. The smallest absolute Gasteiger partial charge is 0.265 e. The van der Waals surface area contributed by atoms with Crippen molar-refractivity contribution in [1.29, 1.82) is 0 Å². The van der Waals surface area contributed by atoms with E-state index in [0.717, 1.165) is 25.0 Å². The Hall–Kier alpha value is -2.36. The molecule has 0 aromatic heterocycles. The number of benzene rings is 2. The van der Waals surface area contributed by atoms with Gasteiger partial charge in [-0.2, -0.15) is 0 Å². The van der Waals surface area contributed by atoms with Crippen LogP contribution in [0.4, 0.5) is 10.1 Å². The summed E-state index contributed by atoms with van der Waals surface area (Å²) in [6.45, 7) is 1.71. The molecule has 2 aromatic rings. The number of hydrogen-bond acceptors (Lipinski definition) is 2. The fourth-order valence-electron chi connectivity index (χ4n) is 2.91. The van der Waals surface area contributed by atoms with E-state index in [9.17, 15) is 9.18 Å². The molecule has 1 aliphatic carbocycles. The van der Waals surface area contributed by atoms with E-state index in [-0.39, 0.29) is 11.7 Å². The van der Waals surface area contributed by atoms with Crippen molar-refractivity contribution in [2.45, 2.75) is 38.7 Å². The Kier molecular flexibility index (Phi) is 4.60. The summed E-state index contributed by atoms with van der Waals surface area (Å²) >= 11 is 0. The minimum absolute atomic E-state index is 0.288. The molecule has 1 N–H and O–H groups in total. The first-order valence-corrected chi connectivity index (χ1v) is 7.97. The fourth-order valence-corrected chi connectivity index (χ4v) is 2.91. The summed E-state index contributed by atoms with van der Waals surface area (Å²) < 4.78 is 19.0. The van der Waals surface area contributed by atoms with E-state index >= 15 is 0 Å². The molecule has 1 atom stereocenters. The second kappa shape index (κ2) is 6.82.